The molecule has 4 heterocycles. The van der Waals surface area contributed by atoms with Gasteiger partial charge >= 0.3 is 0 Å². The highest BCUT2D eigenvalue weighted by Gasteiger charge is 2.20. The predicted molar refractivity (Wildman–Crippen MR) is 227 cm³/mol. The minimum absolute atomic E-state index is 0.570. The molecule has 7 nitrogen and oxygen atoms in total. The summed E-state index contributed by atoms with van der Waals surface area (Å²) in [5, 5.41) is 6.12. The first-order valence-electron chi connectivity index (χ1n) is 18.8. The van der Waals surface area contributed by atoms with Gasteiger partial charge in [-0.3, -0.25) is 0 Å². The van der Waals surface area contributed by atoms with E-state index in [9.17, 15) is 0 Å². The monoisotopic (exact) mass is 732 g/mol. The minimum Gasteiger partial charge on any atom is -0.456 e. The molecule has 0 aliphatic carbocycles. The maximum Gasteiger partial charge on any atom is 0.227 e. The SMILES string of the molecule is c1ccc(-c2nc(-c3ccc(-c4ccc5oc6ccccc6c5c4)cc3)nc(-c3ccc4ccc5oc6ccc7nc(-c8ccccc8)oc7c6c5c4c3)n2)cc1. The van der Waals surface area contributed by atoms with Crippen molar-refractivity contribution in [1.82, 2.24) is 19.9 Å². The van der Waals surface area contributed by atoms with E-state index in [2.05, 4.69) is 66.7 Å². The van der Waals surface area contributed by atoms with Gasteiger partial charge in [0.1, 0.15) is 27.8 Å². The lowest BCUT2D eigenvalue weighted by Gasteiger charge is -2.10. The Kier molecular flexibility index (Phi) is 6.79. The molecule has 0 aliphatic heterocycles. The number of hydrogen-bond acceptors (Lipinski definition) is 7. The maximum absolute atomic E-state index is 6.49. The van der Waals surface area contributed by atoms with Crippen molar-refractivity contribution >= 4 is 65.7 Å². The molecular formula is C50H28N4O3. The van der Waals surface area contributed by atoms with Crippen LogP contribution >= 0.6 is 0 Å². The van der Waals surface area contributed by atoms with Crippen LogP contribution in [0.1, 0.15) is 0 Å². The molecule has 4 aromatic heterocycles. The third-order valence-corrected chi connectivity index (χ3v) is 10.8. The number of rotatable bonds is 5. The van der Waals surface area contributed by atoms with E-state index >= 15 is 0 Å². The van der Waals surface area contributed by atoms with Gasteiger partial charge in [0.15, 0.2) is 23.1 Å². The van der Waals surface area contributed by atoms with Crippen molar-refractivity contribution in [2.45, 2.75) is 0 Å². The van der Waals surface area contributed by atoms with Crippen LogP contribution in [0.4, 0.5) is 0 Å². The lowest BCUT2D eigenvalue weighted by molar-refractivity contribution is 0.622. The van der Waals surface area contributed by atoms with Crippen LogP contribution in [0.15, 0.2) is 183 Å². The van der Waals surface area contributed by atoms with E-state index in [4.69, 9.17) is 33.2 Å². The van der Waals surface area contributed by atoms with Gasteiger partial charge in [-0.25, -0.2) is 19.9 Å². The largest absolute Gasteiger partial charge is 0.456 e. The Morgan fingerprint density at radius 1 is 0.316 bits per heavy atom. The number of aromatic nitrogens is 4. The second kappa shape index (κ2) is 12.3. The second-order valence-corrected chi connectivity index (χ2v) is 14.2. The first-order valence-corrected chi connectivity index (χ1v) is 18.8. The van der Waals surface area contributed by atoms with Crippen LogP contribution in [0.2, 0.25) is 0 Å². The molecular weight excluding hydrogens is 705 g/mol. The van der Waals surface area contributed by atoms with Gasteiger partial charge in [0.05, 0.1) is 5.39 Å². The van der Waals surface area contributed by atoms with Crippen molar-refractivity contribution in [3.63, 3.8) is 0 Å². The summed E-state index contributed by atoms with van der Waals surface area (Å²) in [6.45, 7) is 0. The van der Waals surface area contributed by atoms with Crippen molar-refractivity contribution in [2.24, 2.45) is 0 Å². The Hall–Kier alpha value is -7.90. The van der Waals surface area contributed by atoms with Gasteiger partial charge in [-0.2, -0.15) is 0 Å². The Labute approximate surface area is 324 Å². The van der Waals surface area contributed by atoms with Crippen molar-refractivity contribution in [1.29, 1.82) is 0 Å². The number of hydrogen-bond donors (Lipinski definition) is 0. The topological polar surface area (TPSA) is 91.0 Å². The van der Waals surface area contributed by atoms with Gasteiger partial charge < -0.3 is 13.3 Å². The van der Waals surface area contributed by atoms with E-state index in [0.717, 1.165) is 93.5 Å². The van der Waals surface area contributed by atoms with E-state index in [1.54, 1.807) is 0 Å². The van der Waals surface area contributed by atoms with Crippen molar-refractivity contribution < 1.29 is 13.3 Å². The highest BCUT2D eigenvalue weighted by Crippen LogP contribution is 2.41. The third-order valence-electron chi connectivity index (χ3n) is 10.8. The number of para-hydroxylation sites is 1. The number of nitrogens with zero attached hydrogens (tertiary/aromatic N) is 4. The van der Waals surface area contributed by atoms with Crippen molar-refractivity contribution in [2.75, 3.05) is 0 Å². The fourth-order valence-electron chi connectivity index (χ4n) is 7.97. The van der Waals surface area contributed by atoms with E-state index < -0.39 is 0 Å². The lowest BCUT2D eigenvalue weighted by Crippen LogP contribution is -2.00. The summed E-state index contributed by atoms with van der Waals surface area (Å²) in [6.07, 6.45) is 0. The van der Waals surface area contributed by atoms with Gasteiger partial charge in [0.25, 0.3) is 0 Å². The molecule has 12 aromatic rings. The van der Waals surface area contributed by atoms with Crippen LogP contribution in [0.25, 0.3) is 122 Å². The Bertz CT molecular complexity index is 3510. The quantitative estimate of drug-likeness (QED) is 0.174. The number of fused-ring (bicyclic) bond motifs is 10. The van der Waals surface area contributed by atoms with E-state index in [1.807, 2.05) is 103 Å². The van der Waals surface area contributed by atoms with Gasteiger partial charge in [-0.05, 0) is 76.5 Å². The molecule has 8 aromatic carbocycles. The number of oxazole rings is 1. The van der Waals surface area contributed by atoms with Crippen LogP contribution in [0.5, 0.6) is 0 Å². The summed E-state index contributed by atoms with van der Waals surface area (Å²) in [5.41, 5.74) is 10.5. The van der Waals surface area contributed by atoms with Crippen molar-refractivity contribution in [3.05, 3.63) is 170 Å². The molecule has 0 unspecified atom stereocenters. The molecule has 266 valence electrons. The van der Waals surface area contributed by atoms with Gasteiger partial charge in [-0.1, -0.05) is 115 Å². The molecule has 0 aliphatic rings. The predicted octanol–water partition coefficient (Wildman–Crippen LogP) is 13.3. The Balaban J connectivity index is 0.996. The average Bonchev–Trinajstić information content (AvgIpc) is 4.00. The zero-order chi connectivity index (χ0) is 37.5. The molecule has 7 heteroatoms. The maximum atomic E-state index is 6.49. The zero-order valence-electron chi connectivity index (χ0n) is 30.2. The smallest absolute Gasteiger partial charge is 0.227 e. The van der Waals surface area contributed by atoms with Crippen LogP contribution < -0.4 is 0 Å². The molecule has 0 amide bonds. The Morgan fingerprint density at radius 3 is 1.67 bits per heavy atom. The molecule has 0 spiro atoms. The highest BCUT2D eigenvalue weighted by atomic mass is 16.4. The van der Waals surface area contributed by atoms with E-state index in [0.29, 0.717) is 28.9 Å². The lowest BCUT2D eigenvalue weighted by atomic mass is 10.0. The molecule has 0 radical (unpaired) electrons. The van der Waals surface area contributed by atoms with Crippen LogP contribution in [-0.2, 0) is 0 Å². The van der Waals surface area contributed by atoms with Gasteiger partial charge in [0, 0.05) is 38.4 Å². The zero-order valence-corrected chi connectivity index (χ0v) is 30.2. The Morgan fingerprint density at radius 2 is 0.860 bits per heavy atom. The van der Waals surface area contributed by atoms with Gasteiger partial charge in [-0.15, -0.1) is 0 Å². The van der Waals surface area contributed by atoms with Crippen molar-refractivity contribution in [3.8, 4) is 56.7 Å². The number of furan rings is 2. The standard InChI is InChI=1S/C50H28N4O3/c1-3-9-31(10-4-1)47-52-48(32-18-15-29(16-19-32)34-22-24-41-38(27-34)36-13-7-8-14-40(36)55-41)54-49(53-47)35-20-17-30-21-25-42-44(37(30)28-35)45-43(56-42)26-23-39-46(45)57-50(51-39)33-11-5-2-6-12-33/h1-28H. The second-order valence-electron chi connectivity index (χ2n) is 14.2. The molecule has 12 rings (SSSR count). The summed E-state index contributed by atoms with van der Waals surface area (Å²) in [4.78, 5) is 20.0. The summed E-state index contributed by atoms with van der Waals surface area (Å²) >= 11 is 0. The molecule has 0 saturated carbocycles. The molecule has 0 saturated heterocycles. The molecule has 0 fully saturated rings. The van der Waals surface area contributed by atoms with Gasteiger partial charge in [0.2, 0.25) is 5.89 Å². The molecule has 0 atom stereocenters. The summed E-state index contributed by atoms with van der Waals surface area (Å²) < 4.78 is 19.0. The first-order chi connectivity index (χ1) is 28.2. The summed E-state index contributed by atoms with van der Waals surface area (Å²) in [6, 6.07) is 57.2. The number of benzene rings is 8. The first kappa shape index (κ1) is 31.5. The average molecular weight is 733 g/mol. The minimum atomic E-state index is 0.570. The van der Waals surface area contributed by atoms with E-state index in [1.165, 1.54) is 0 Å². The van der Waals surface area contributed by atoms with Crippen LogP contribution in [0, 0.1) is 0 Å². The van der Waals surface area contributed by atoms with Crippen LogP contribution in [-0.4, -0.2) is 19.9 Å². The molecule has 0 bridgehead atoms. The molecule has 57 heavy (non-hydrogen) atoms. The van der Waals surface area contributed by atoms with E-state index in [-0.39, 0.29) is 0 Å². The summed E-state index contributed by atoms with van der Waals surface area (Å²) in [5.74, 6) is 2.33. The normalized spacial score (nSPS) is 11.9. The van der Waals surface area contributed by atoms with Crippen LogP contribution in [0.3, 0.4) is 0 Å². The molecule has 0 N–H and O–H groups in total. The highest BCUT2D eigenvalue weighted by molar-refractivity contribution is 6.25. The third kappa shape index (κ3) is 5.13. The fraction of sp³-hybridized carbons (Fsp3) is 0. The summed E-state index contributed by atoms with van der Waals surface area (Å²) in [7, 11) is 0. The fourth-order valence-corrected chi connectivity index (χ4v) is 7.97.